The quantitative estimate of drug-likeness (QED) is 0.513. The molecule has 0 aromatic carbocycles. The summed E-state index contributed by atoms with van der Waals surface area (Å²) in [5.41, 5.74) is 0. The molecular weight excluding hydrogens is 221 g/mol. The molecule has 0 bridgehead atoms. The zero-order chi connectivity index (χ0) is 11.5. The van der Waals surface area contributed by atoms with Gasteiger partial charge in [-0.3, -0.25) is 9.36 Å². The highest BCUT2D eigenvalue weighted by Crippen LogP contribution is 2.37. The maximum atomic E-state index is 10.6. The van der Waals surface area contributed by atoms with Crippen molar-refractivity contribution in [3.8, 4) is 0 Å². The number of rotatable bonds is 4. The largest absolute Gasteiger partial charge is 0.480 e. The van der Waals surface area contributed by atoms with E-state index < -0.39 is 19.6 Å². The highest BCUT2D eigenvalue weighted by molar-refractivity contribution is 7.51. The van der Waals surface area contributed by atoms with Gasteiger partial charge in [-0.1, -0.05) is 0 Å². The summed E-state index contributed by atoms with van der Waals surface area (Å²) >= 11 is 0. The number of nitrogens with one attached hydrogen (secondary N) is 1. The first-order valence-corrected chi connectivity index (χ1v) is 6.69. The first kappa shape index (κ1) is 12.6. The molecule has 0 aromatic rings. The summed E-state index contributed by atoms with van der Waals surface area (Å²) in [5.74, 6) is -0.684. The minimum absolute atomic E-state index is 0.114. The Morgan fingerprint density at radius 1 is 1.40 bits per heavy atom. The number of hydrogen-bond donors (Lipinski definition) is 4. The van der Waals surface area contributed by atoms with E-state index in [2.05, 4.69) is 5.32 Å². The fraction of sp³-hybridized carbons (Fsp3) is 0.875. The summed E-state index contributed by atoms with van der Waals surface area (Å²) in [7, 11) is -3.91. The van der Waals surface area contributed by atoms with Gasteiger partial charge in [0.05, 0.1) is 6.16 Å². The Labute approximate surface area is 87.8 Å². The van der Waals surface area contributed by atoms with Crippen molar-refractivity contribution in [2.24, 2.45) is 5.92 Å². The van der Waals surface area contributed by atoms with Crippen molar-refractivity contribution >= 4 is 13.6 Å². The summed E-state index contributed by atoms with van der Waals surface area (Å²) in [5, 5.41) is 11.5. The molecule has 1 rings (SSSR count). The first-order chi connectivity index (χ1) is 6.88. The zero-order valence-corrected chi connectivity index (χ0v) is 9.19. The fourth-order valence-electron chi connectivity index (χ4n) is 1.72. The molecule has 0 saturated carbocycles. The third-order valence-electron chi connectivity index (χ3n) is 2.64. The highest BCUT2D eigenvalue weighted by Gasteiger charge is 2.26. The minimum Gasteiger partial charge on any atom is -0.480 e. The molecule has 15 heavy (non-hydrogen) atoms. The van der Waals surface area contributed by atoms with Gasteiger partial charge in [0.1, 0.15) is 6.04 Å². The van der Waals surface area contributed by atoms with Crippen LogP contribution in [0.3, 0.4) is 0 Å². The molecule has 6 nitrogen and oxygen atoms in total. The predicted molar refractivity (Wildman–Crippen MR) is 53.7 cm³/mol. The molecule has 7 heteroatoms. The van der Waals surface area contributed by atoms with Gasteiger partial charge < -0.3 is 20.2 Å². The van der Waals surface area contributed by atoms with Crippen LogP contribution in [0.5, 0.6) is 0 Å². The molecule has 1 saturated heterocycles. The molecule has 4 N–H and O–H groups in total. The van der Waals surface area contributed by atoms with Crippen LogP contribution in [0.1, 0.15) is 19.3 Å². The Hall–Kier alpha value is -0.420. The van der Waals surface area contributed by atoms with Gasteiger partial charge in [0.2, 0.25) is 0 Å². The topological polar surface area (TPSA) is 107 Å². The molecule has 0 radical (unpaired) electrons. The maximum absolute atomic E-state index is 10.6. The average molecular weight is 237 g/mol. The fourth-order valence-corrected chi connectivity index (χ4v) is 2.42. The molecule has 0 aliphatic carbocycles. The standard InChI is InChI=1S/C8H16NO5P/c10-8(11)7-2-1-6(5-9-7)3-4-15(12,13)14/h6-7,9H,1-5H2,(H,10,11)(H2,12,13,14)/t6-,7+/m0/s1. The monoisotopic (exact) mass is 237 g/mol. The Morgan fingerprint density at radius 2 is 2.07 bits per heavy atom. The van der Waals surface area contributed by atoms with Gasteiger partial charge in [0, 0.05) is 0 Å². The smallest absolute Gasteiger partial charge is 0.325 e. The molecule has 2 atom stereocenters. The number of carboxylic acid groups (broad SMARTS) is 1. The molecule has 0 unspecified atom stereocenters. The lowest BCUT2D eigenvalue weighted by Crippen LogP contribution is -2.44. The highest BCUT2D eigenvalue weighted by atomic mass is 31.2. The molecule has 1 fully saturated rings. The lowest BCUT2D eigenvalue weighted by atomic mass is 9.93. The third-order valence-corrected chi connectivity index (χ3v) is 3.48. The van der Waals surface area contributed by atoms with Crippen LogP contribution in [-0.2, 0) is 9.36 Å². The number of carbonyl (C=O) groups is 1. The summed E-state index contributed by atoms with van der Waals surface area (Å²) in [4.78, 5) is 28.0. The van der Waals surface area contributed by atoms with Crippen molar-refractivity contribution in [1.29, 1.82) is 0 Å². The summed E-state index contributed by atoms with van der Waals surface area (Å²) in [6.45, 7) is 0.525. The number of piperidine rings is 1. The van der Waals surface area contributed by atoms with Crippen molar-refractivity contribution in [2.45, 2.75) is 25.3 Å². The van der Waals surface area contributed by atoms with E-state index in [0.29, 0.717) is 25.8 Å². The average Bonchev–Trinajstić information content (AvgIpc) is 2.14. The van der Waals surface area contributed by atoms with E-state index in [-0.39, 0.29) is 12.1 Å². The summed E-state index contributed by atoms with van der Waals surface area (Å²) in [6, 6.07) is -0.503. The van der Waals surface area contributed by atoms with Crippen LogP contribution < -0.4 is 5.32 Å². The van der Waals surface area contributed by atoms with Gasteiger partial charge in [-0.25, -0.2) is 0 Å². The number of hydrogen-bond acceptors (Lipinski definition) is 3. The molecule has 1 aliphatic heterocycles. The van der Waals surface area contributed by atoms with Crippen LogP contribution in [0.2, 0.25) is 0 Å². The SMILES string of the molecule is O=C(O)[C@H]1CC[C@@H](CCP(=O)(O)O)CN1. The molecular formula is C8H16NO5P. The lowest BCUT2D eigenvalue weighted by Gasteiger charge is -2.27. The molecule has 0 aromatic heterocycles. The zero-order valence-electron chi connectivity index (χ0n) is 8.30. The van der Waals surface area contributed by atoms with Gasteiger partial charge in [-0.05, 0) is 31.7 Å². The normalized spacial score (nSPS) is 27.6. The van der Waals surface area contributed by atoms with E-state index in [9.17, 15) is 9.36 Å². The van der Waals surface area contributed by atoms with E-state index in [4.69, 9.17) is 14.9 Å². The molecule has 88 valence electrons. The Kier molecular flexibility index (Phi) is 4.28. The first-order valence-electron chi connectivity index (χ1n) is 4.89. The van der Waals surface area contributed by atoms with E-state index >= 15 is 0 Å². The van der Waals surface area contributed by atoms with Crippen LogP contribution in [0, 0.1) is 5.92 Å². The van der Waals surface area contributed by atoms with Crippen molar-refractivity contribution < 1.29 is 24.3 Å². The summed E-state index contributed by atoms with van der Waals surface area (Å²) < 4.78 is 10.6. The van der Waals surface area contributed by atoms with E-state index in [1.807, 2.05) is 0 Å². The molecule has 1 heterocycles. The van der Waals surface area contributed by atoms with Crippen molar-refractivity contribution in [3.63, 3.8) is 0 Å². The van der Waals surface area contributed by atoms with Crippen LogP contribution in [-0.4, -0.2) is 39.6 Å². The third kappa shape index (κ3) is 4.75. The maximum Gasteiger partial charge on any atom is 0.325 e. The van der Waals surface area contributed by atoms with Crippen molar-refractivity contribution in [1.82, 2.24) is 5.32 Å². The lowest BCUT2D eigenvalue weighted by molar-refractivity contribution is -0.140. The van der Waals surface area contributed by atoms with E-state index in [1.54, 1.807) is 0 Å². The van der Waals surface area contributed by atoms with Crippen molar-refractivity contribution in [2.75, 3.05) is 12.7 Å². The van der Waals surface area contributed by atoms with E-state index in [0.717, 1.165) is 0 Å². The Morgan fingerprint density at radius 3 is 2.47 bits per heavy atom. The van der Waals surface area contributed by atoms with Crippen LogP contribution in [0.4, 0.5) is 0 Å². The van der Waals surface area contributed by atoms with Crippen LogP contribution in [0.25, 0.3) is 0 Å². The molecule has 0 amide bonds. The van der Waals surface area contributed by atoms with Gasteiger partial charge >= 0.3 is 13.6 Å². The van der Waals surface area contributed by atoms with Crippen molar-refractivity contribution in [3.05, 3.63) is 0 Å². The van der Waals surface area contributed by atoms with Gasteiger partial charge in [0.15, 0.2) is 0 Å². The summed E-state index contributed by atoms with van der Waals surface area (Å²) in [6.07, 6.45) is 1.58. The predicted octanol–water partition coefficient (Wildman–Crippen LogP) is 0.00700. The second-order valence-electron chi connectivity index (χ2n) is 3.92. The molecule has 1 aliphatic rings. The van der Waals surface area contributed by atoms with Crippen LogP contribution in [0.15, 0.2) is 0 Å². The van der Waals surface area contributed by atoms with E-state index in [1.165, 1.54) is 0 Å². The van der Waals surface area contributed by atoms with Gasteiger partial charge in [0.25, 0.3) is 0 Å². The van der Waals surface area contributed by atoms with Crippen LogP contribution >= 0.6 is 7.60 Å². The Bertz CT molecular complexity index is 268. The van der Waals surface area contributed by atoms with Gasteiger partial charge in [-0.15, -0.1) is 0 Å². The minimum atomic E-state index is -3.91. The second kappa shape index (κ2) is 5.07. The second-order valence-corrected chi connectivity index (χ2v) is 5.70. The number of carboxylic acids is 1. The Balaban J connectivity index is 2.26. The van der Waals surface area contributed by atoms with Gasteiger partial charge in [-0.2, -0.15) is 0 Å². The molecule has 0 spiro atoms. The number of aliphatic carboxylic acids is 1.